The predicted molar refractivity (Wildman–Crippen MR) is 157 cm³/mol. The minimum Gasteiger partial charge on any atom is -0.493 e. The highest BCUT2D eigenvalue weighted by atomic mass is 16.6. The van der Waals surface area contributed by atoms with E-state index >= 15 is 0 Å². The molecule has 226 valence electrons. The van der Waals surface area contributed by atoms with Crippen molar-refractivity contribution in [3.05, 3.63) is 59.7 Å². The number of nitrogens with zero attached hydrogens (tertiary/aromatic N) is 2. The summed E-state index contributed by atoms with van der Waals surface area (Å²) in [5.41, 5.74) is 0.952. The van der Waals surface area contributed by atoms with Gasteiger partial charge in [-0.15, -0.1) is 0 Å². The van der Waals surface area contributed by atoms with E-state index in [9.17, 15) is 9.59 Å². The van der Waals surface area contributed by atoms with Crippen molar-refractivity contribution in [2.45, 2.75) is 65.4 Å². The fraction of sp³-hybridized carbons (Fsp3) is 0.562. The third-order valence-corrected chi connectivity index (χ3v) is 6.82. The van der Waals surface area contributed by atoms with E-state index in [0.29, 0.717) is 56.5 Å². The van der Waals surface area contributed by atoms with E-state index in [4.69, 9.17) is 23.7 Å². The highest BCUT2D eigenvalue weighted by molar-refractivity contribution is 5.95. The second kappa shape index (κ2) is 15.1. The van der Waals surface area contributed by atoms with Gasteiger partial charge in [0.1, 0.15) is 5.60 Å². The van der Waals surface area contributed by atoms with Crippen molar-refractivity contribution in [1.29, 1.82) is 0 Å². The fourth-order valence-electron chi connectivity index (χ4n) is 4.71. The summed E-state index contributed by atoms with van der Waals surface area (Å²) in [5, 5.41) is 0. The summed E-state index contributed by atoms with van der Waals surface area (Å²) < 4.78 is 28.5. The minimum atomic E-state index is -0.604. The van der Waals surface area contributed by atoms with Gasteiger partial charge in [-0.3, -0.25) is 4.79 Å². The first-order valence-corrected chi connectivity index (χ1v) is 14.3. The van der Waals surface area contributed by atoms with Crippen LogP contribution >= 0.6 is 0 Å². The van der Waals surface area contributed by atoms with E-state index in [2.05, 4.69) is 0 Å². The summed E-state index contributed by atoms with van der Waals surface area (Å²) in [6, 6.07) is 15.1. The van der Waals surface area contributed by atoms with Gasteiger partial charge < -0.3 is 33.5 Å². The Morgan fingerprint density at radius 3 is 2.37 bits per heavy atom. The number of methoxy groups -OCH3 is 2. The molecular weight excluding hydrogens is 524 g/mol. The van der Waals surface area contributed by atoms with Gasteiger partial charge in [0.2, 0.25) is 0 Å². The molecule has 1 fully saturated rings. The molecule has 0 N–H and O–H groups in total. The molecule has 0 radical (unpaired) electrons. The molecular formula is C32H46N2O7. The second-order valence-electron chi connectivity index (χ2n) is 11.6. The van der Waals surface area contributed by atoms with E-state index in [1.54, 1.807) is 37.3 Å². The average Bonchev–Trinajstić information content (AvgIpc) is 3.35. The van der Waals surface area contributed by atoms with Crippen LogP contribution in [-0.4, -0.2) is 86.6 Å². The van der Waals surface area contributed by atoms with Crippen molar-refractivity contribution >= 4 is 12.0 Å². The van der Waals surface area contributed by atoms with Crippen LogP contribution in [0.3, 0.4) is 0 Å². The molecule has 0 saturated carbocycles. The highest BCUT2D eigenvalue weighted by Crippen LogP contribution is 2.30. The van der Waals surface area contributed by atoms with Gasteiger partial charge in [-0.2, -0.15) is 0 Å². The second-order valence-corrected chi connectivity index (χ2v) is 11.6. The first kappa shape index (κ1) is 32.2. The number of amides is 2. The molecule has 1 aliphatic heterocycles. The first-order chi connectivity index (χ1) is 19.5. The van der Waals surface area contributed by atoms with Crippen LogP contribution in [0.15, 0.2) is 48.5 Å². The maximum atomic E-state index is 13.9. The van der Waals surface area contributed by atoms with E-state index in [1.165, 1.54) is 0 Å². The number of carbonyl (C=O) groups is 2. The zero-order chi connectivity index (χ0) is 30.0. The Kier molecular flexibility index (Phi) is 11.8. The molecule has 9 nitrogen and oxygen atoms in total. The zero-order valence-electron chi connectivity index (χ0n) is 25.6. The predicted octanol–water partition coefficient (Wildman–Crippen LogP) is 5.41. The van der Waals surface area contributed by atoms with Crippen LogP contribution in [0, 0.1) is 5.92 Å². The van der Waals surface area contributed by atoms with Gasteiger partial charge in [-0.25, -0.2) is 4.79 Å². The molecule has 1 saturated heterocycles. The summed E-state index contributed by atoms with van der Waals surface area (Å²) in [6.45, 7) is 12.2. The van der Waals surface area contributed by atoms with E-state index in [0.717, 1.165) is 12.0 Å². The third-order valence-electron chi connectivity index (χ3n) is 6.82. The van der Waals surface area contributed by atoms with Gasteiger partial charge in [-0.1, -0.05) is 30.3 Å². The summed E-state index contributed by atoms with van der Waals surface area (Å²) in [6.07, 6.45) is 0.0874. The first-order valence-electron chi connectivity index (χ1n) is 14.3. The molecule has 0 aliphatic carbocycles. The molecule has 1 heterocycles. The number of benzene rings is 2. The molecule has 0 spiro atoms. The number of ether oxygens (including phenoxy) is 5. The third kappa shape index (κ3) is 9.64. The summed E-state index contributed by atoms with van der Waals surface area (Å²) in [4.78, 5) is 30.3. The standard InChI is InChI=1S/C32H46N2O7/c1-23(2)34(30(35)25-14-15-27(38-7)28(18-25)39-17-11-16-37-6)20-26-19-33(31(36)41-32(3,4)5)21-29(26)40-22-24-12-9-8-10-13-24/h8-10,12-15,18,23,26,29H,11,16-17,19-22H2,1-7H3/t26-,29?/m0/s1. The van der Waals surface area contributed by atoms with Crippen molar-refractivity contribution in [2.75, 3.05) is 47.1 Å². The summed E-state index contributed by atoms with van der Waals surface area (Å²) >= 11 is 0. The Bertz CT molecular complexity index is 1120. The monoisotopic (exact) mass is 570 g/mol. The highest BCUT2D eigenvalue weighted by Gasteiger charge is 2.40. The quantitative estimate of drug-likeness (QED) is 0.298. The molecule has 0 aromatic heterocycles. The van der Waals surface area contributed by atoms with Gasteiger partial charge in [-0.05, 0) is 58.4 Å². The van der Waals surface area contributed by atoms with Gasteiger partial charge in [0.15, 0.2) is 11.5 Å². The van der Waals surface area contributed by atoms with E-state index in [1.807, 2.05) is 69.9 Å². The molecule has 1 aliphatic rings. The topological polar surface area (TPSA) is 86.8 Å². The van der Waals surface area contributed by atoms with Crippen LogP contribution < -0.4 is 9.47 Å². The molecule has 3 rings (SSSR count). The Morgan fingerprint density at radius 2 is 1.73 bits per heavy atom. The van der Waals surface area contributed by atoms with Crippen molar-refractivity contribution in [1.82, 2.24) is 9.80 Å². The lowest BCUT2D eigenvalue weighted by Crippen LogP contribution is -2.43. The maximum Gasteiger partial charge on any atom is 0.410 e. The van der Waals surface area contributed by atoms with Crippen LogP contribution in [0.25, 0.3) is 0 Å². The van der Waals surface area contributed by atoms with Crippen molar-refractivity contribution in [3.63, 3.8) is 0 Å². The van der Waals surface area contributed by atoms with Crippen molar-refractivity contribution in [3.8, 4) is 11.5 Å². The molecule has 0 bridgehead atoms. The van der Waals surface area contributed by atoms with Gasteiger partial charge in [0, 0.05) is 50.8 Å². The van der Waals surface area contributed by atoms with Gasteiger partial charge in [0.25, 0.3) is 5.91 Å². The molecule has 2 aromatic rings. The summed E-state index contributed by atoms with van der Waals surface area (Å²) in [7, 11) is 3.22. The Labute approximate surface area is 244 Å². The molecule has 2 atom stereocenters. The maximum absolute atomic E-state index is 13.9. The van der Waals surface area contributed by atoms with E-state index < -0.39 is 5.60 Å². The van der Waals surface area contributed by atoms with Crippen LogP contribution in [0.4, 0.5) is 4.79 Å². The van der Waals surface area contributed by atoms with Crippen molar-refractivity contribution < 1.29 is 33.3 Å². The number of hydrogen-bond donors (Lipinski definition) is 0. The lowest BCUT2D eigenvalue weighted by atomic mass is 10.0. The Hall–Kier alpha value is -3.30. The smallest absolute Gasteiger partial charge is 0.410 e. The number of likely N-dealkylation sites (tertiary alicyclic amines) is 1. The van der Waals surface area contributed by atoms with Crippen LogP contribution in [0.5, 0.6) is 11.5 Å². The minimum absolute atomic E-state index is 0.0824. The van der Waals surface area contributed by atoms with Crippen LogP contribution in [-0.2, 0) is 20.8 Å². The fourth-order valence-corrected chi connectivity index (χ4v) is 4.71. The van der Waals surface area contributed by atoms with E-state index in [-0.39, 0.29) is 30.1 Å². The largest absolute Gasteiger partial charge is 0.493 e. The molecule has 2 amide bonds. The number of hydrogen-bond acceptors (Lipinski definition) is 7. The molecule has 41 heavy (non-hydrogen) atoms. The average molecular weight is 571 g/mol. The lowest BCUT2D eigenvalue weighted by molar-refractivity contribution is 0.00622. The molecule has 9 heteroatoms. The Balaban J connectivity index is 1.79. The van der Waals surface area contributed by atoms with Crippen LogP contribution in [0.1, 0.15) is 57.0 Å². The SMILES string of the molecule is COCCCOc1cc(C(=O)N(C[C@@H]2CN(C(=O)OC(C)(C)C)CC2OCc2ccccc2)C(C)C)ccc1OC. The Morgan fingerprint density at radius 1 is 1.00 bits per heavy atom. The van der Waals surface area contributed by atoms with Gasteiger partial charge >= 0.3 is 6.09 Å². The summed E-state index contributed by atoms with van der Waals surface area (Å²) in [5.74, 6) is 0.856. The number of carbonyl (C=O) groups excluding carboxylic acids is 2. The van der Waals surface area contributed by atoms with Crippen molar-refractivity contribution in [2.24, 2.45) is 5.92 Å². The molecule has 2 aromatic carbocycles. The molecule has 1 unspecified atom stereocenters. The number of rotatable bonds is 13. The zero-order valence-corrected chi connectivity index (χ0v) is 25.6. The lowest BCUT2D eigenvalue weighted by Gasteiger charge is -2.31. The van der Waals surface area contributed by atoms with Gasteiger partial charge in [0.05, 0.1) is 33.0 Å². The van der Waals surface area contributed by atoms with Crippen LogP contribution in [0.2, 0.25) is 0 Å². The normalized spacial score (nSPS) is 17.0.